The summed E-state index contributed by atoms with van der Waals surface area (Å²) in [4.78, 5) is 60.5. The van der Waals surface area contributed by atoms with Gasteiger partial charge in [0.15, 0.2) is 0 Å². The van der Waals surface area contributed by atoms with Gasteiger partial charge >= 0.3 is 24.4 Å². The summed E-state index contributed by atoms with van der Waals surface area (Å²) in [6.07, 6.45) is 2.59. The number of hydrogen-bond donors (Lipinski definition) is 2. The van der Waals surface area contributed by atoms with Crippen LogP contribution >= 0.6 is 15.9 Å². The molecule has 3 N–H and O–H groups in total. The van der Waals surface area contributed by atoms with E-state index in [2.05, 4.69) is 104 Å². The molecular formula is C58H85BrN8O8. The molecule has 4 heterocycles. The molecule has 4 saturated heterocycles. The number of carbonyl (C=O) groups is 4. The van der Waals surface area contributed by atoms with Gasteiger partial charge < -0.3 is 59.4 Å². The maximum Gasteiger partial charge on any atom is 0.410 e. The first-order chi connectivity index (χ1) is 35.1. The molecule has 0 aliphatic carbocycles. The van der Waals surface area contributed by atoms with Gasteiger partial charge in [-0.3, -0.25) is 0 Å². The average molecular weight is 1100 g/mol. The second-order valence-corrected chi connectivity index (χ2v) is 24.7. The summed E-state index contributed by atoms with van der Waals surface area (Å²) in [7, 11) is 0. The van der Waals surface area contributed by atoms with Crippen molar-refractivity contribution in [2.45, 2.75) is 143 Å². The van der Waals surface area contributed by atoms with E-state index in [1.807, 2.05) is 88.0 Å². The molecule has 412 valence electrons. The molecule has 4 aliphatic heterocycles. The molecule has 8 rings (SSSR count). The van der Waals surface area contributed by atoms with E-state index in [0.29, 0.717) is 45.3 Å². The third kappa shape index (κ3) is 17.7. The van der Waals surface area contributed by atoms with E-state index in [1.54, 1.807) is 14.7 Å². The van der Waals surface area contributed by atoms with Crippen LogP contribution in [-0.2, 0) is 18.9 Å². The Balaban J connectivity index is 0.000000205. The average Bonchev–Trinajstić information content (AvgIpc) is 3.33. The van der Waals surface area contributed by atoms with Gasteiger partial charge in [0, 0.05) is 128 Å². The van der Waals surface area contributed by atoms with E-state index in [-0.39, 0.29) is 30.4 Å². The number of carbonyl (C=O) groups excluding carboxylic acids is 4. The SMILES string of the molecule is CC(C)(C)OC(=O)N1CCC(N)CC1.CC(C)(C)OC(=O)N1CCC(Nc2ccc(N3CCN(C(=O)OC(C)(C)C)CC3)c3ccccc23)CC1.CC(C)(C)OC(=O)N1CCN(c2ccc(Br)c3ccccc23)CC1. The fourth-order valence-electron chi connectivity index (χ4n) is 9.28. The quantitative estimate of drug-likeness (QED) is 0.186. The van der Waals surface area contributed by atoms with Crippen LogP contribution in [0.4, 0.5) is 36.2 Å². The molecule has 0 aromatic heterocycles. The van der Waals surface area contributed by atoms with E-state index in [1.165, 1.54) is 32.9 Å². The number of fused-ring (bicyclic) bond motifs is 2. The summed E-state index contributed by atoms with van der Waals surface area (Å²) in [6, 6.07) is 26.0. The number of nitrogens with zero attached hydrogens (tertiary/aromatic N) is 6. The number of nitrogens with two attached hydrogens (primary N) is 1. The van der Waals surface area contributed by atoms with Crippen molar-refractivity contribution < 1.29 is 38.1 Å². The Bertz CT molecular complexity index is 2550. The lowest BCUT2D eigenvalue weighted by atomic mass is 10.0. The molecule has 17 heteroatoms. The minimum atomic E-state index is -0.487. The molecule has 0 unspecified atom stereocenters. The van der Waals surface area contributed by atoms with Crippen LogP contribution in [-0.4, -0.2) is 157 Å². The molecule has 0 saturated carbocycles. The first-order valence-corrected chi connectivity index (χ1v) is 27.5. The predicted molar refractivity (Wildman–Crippen MR) is 305 cm³/mol. The van der Waals surface area contributed by atoms with E-state index in [4.69, 9.17) is 24.7 Å². The van der Waals surface area contributed by atoms with E-state index < -0.39 is 22.4 Å². The first kappa shape index (κ1) is 58.6. The van der Waals surface area contributed by atoms with Gasteiger partial charge in [-0.05, 0) is 138 Å². The second kappa shape index (κ2) is 25.0. The van der Waals surface area contributed by atoms with E-state index in [0.717, 1.165) is 75.1 Å². The van der Waals surface area contributed by atoms with Gasteiger partial charge in [0.2, 0.25) is 0 Å². The topological polar surface area (TPSA) is 163 Å². The van der Waals surface area contributed by atoms with Crippen LogP contribution in [0, 0.1) is 0 Å². The third-order valence-corrected chi connectivity index (χ3v) is 13.7. The molecule has 0 bridgehead atoms. The summed E-state index contributed by atoms with van der Waals surface area (Å²) in [5.41, 5.74) is 7.45. The maximum absolute atomic E-state index is 12.5. The first-order valence-electron chi connectivity index (χ1n) is 26.8. The van der Waals surface area contributed by atoms with Gasteiger partial charge in [-0.2, -0.15) is 0 Å². The second-order valence-electron chi connectivity index (χ2n) is 23.9. The van der Waals surface area contributed by atoms with Crippen LogP contribution in [0.15, 0.2) is 77.3 Å². The van der Waals surface area contributed by atoms with Crippen LogP contribution in [0.3, 0.4) is 0 Å². The van der Waals surface area contributed by atoms with Crippen molar-refractivity contribution in [2.24, 2.45) is 5.73 Å². The lowest BCUT2D eigenvalue weighted by molar-refractivity contribution is 0.0197. The van der Waals surface area contributed by atoms with Crippen LogP contribution in [0.1, 0.15) is 109 Å². The minimum absolute atomic E-state index is 0.218. The summed E-state index contributed by atoms with van der Waals surface area (Å²) < 4.78 is 22.9. The number of hydrogen-bond acceptors (Lipinski definition) is 12. The molecule has 4 fully saturated rings. The van der Waals surface area contributed by atoms with Crippen LogP contribution in [0.2, 0.25) is 0 Å². The number of piperazine rings is 2. The fourth-order valence-corrected chi connectivity index (χ4v) is 9.76. The van der Waals surface area contributed by atoms with Gasteiger partial charge in [-0.25, -0.2) is 19.2 Å². The largest absolute Gasteiger partial charge is 0.444 e. The number of halogens is 1. The summed E-state index contributed by atoms with van der Waals surface area (Å²) in [5.74, 6) is 0. The van der Waals surface area contributed by atoms with Crippen molar-refractivity contribution in [1.29, 1.82) is 0 Å². The van der Waals surface area contributed by atoms with E-state index >= 15 is 0 Å². The van der Waals surface area contributed by atoms with Gasteiger partial charge in [0.1, 0.15) is 22.4 Å². The molecule has 16 nitrogen and oxygen atoms in total. The minimum Gasteiger partial charge on any atom is -0.444 e. The maximum atomic E-state index is 12.5. The Morgan fingerprint density at radius 1 is 0.440 bits per heavy atom. The van der Waals surface area contributed by atoms with Gasteiger partial charge in [-0.15, -0.1) is 0 Å². The summed E-state index contributed by atoms with van der Waals surface area (Å²) >= 11 is 3.62. The van der Waals surface area contributed by atoms with Crippen molar-refractivity contribution in [3.05, 3.63) is 77.3 Å². The van der Waals surface area contributed by atoms with Crippen molar-refractivity contribution in [3.8, 4) is 0 Å². The van der Waals surface area contributed by atoms with Crippen molar-refractivity contribution >= 4 is 78.9 Å². The number of amides is 4. The predicted octanol–water partition coefficient (Wildman–Crippen LogP) is 11.7. The van der Waals surface area contributed by atoms with Gasteiger partial charge in [-0.1, -0.05) is 64.5 Å². The number of anilines is 3. The Morgan fingerprint density at radius 2 is 0.760 bits per heavy atom. The molecule has 75 heavy (non-hydrogen) atoms. The smallest absolute Gasteiger partial charge is 0.410 e. The molecule has 0 atom stereocenters. The number of benzene rings is 4. The number of ether oxygens (including phenoxy) is 4. The molecule has 0 spiro atoms. The summed E-state index contributed by atoms with van der Waals surface area (Å²) in [5, 5.41) is 8.57. The summed E-state index contributed by atoms with van der Waals surface area (Å²) in [6.45, 7) is 31.3. The highest BCUT2D eigenvalue weighted by Crippen LogP contribution is 2.35. The number of piperidine rings is 2. The Morgan fingerprint density at radius 3 is 1.15 bits per heavy atom. The van der Waals surface area contributed by atoms with Crippen molar-refractivity contribution in [1.82, 2.24) is 19.6 Å². The zero-order valence-corrected chi connectivity index (χ0v) is 48.4. The Hall–Kier alpha value is -5.68. The Kier molecular flexibility index (Phi) is 19.5. The lowest BCUT2D eigenvalue weighted by Gasteiger charge is -2.37. The number of nitrogens with one attached hydrogen (secondary N) is 1. The van der Waals surface area contributed by atoms with Crippen LogP contribution in [0.5, 0.6) is 0 Å². The molecular weight excluding hydrogens is 1020 g/mol. The number of likely N-dealkylation sites (tertiary alicyclic amines) is 2. The lowest BCUT2D eigenvalue weighted by Crippen LogP contribution is -2.50. The standard InChI is InChI=1S/C29H42N4O4.C19H23BrN2O2.C10H20N2O2/c1-28(2,3)36-26(34)32-15-13-21(14-16-32)30-24-11-12-25(23-10-8-7-9-22(23)24)31-17-19-33(20-18-31)27(35)37-29(4,5)6;1-19(2,3)24-18(23)22-12-10-21(11-13-22)17-9-8-16(20)14-6-4-5-7-15(14)17;1-10(2,3)14-9(13)12-6-4-8(11)5-7-12/h7-12,21,30H,13-20H2,1-6H3;4-9H,10-13H2,1-3H3;8H,4-7,11H2,1-3H3. The zero-order chi connectivity index (χ0) is 54.9. The highest BCUT2D eigenvalue weighted by Gasteiger charge is 2.31. The van der Waals surface area contributed by atoms with Crippen molar-refractivity contribution in [3.63, 3.8) is 0 Å². The monoisotopic (exact) mass is 1100 g/mol. The zero-order valence-electron chi connectivity index (χ0n) is 46.8. The molecule has 4 aromatic rings. The fraction of sp³-hybridized carbons (Fsp3) is 0.586. The molecule has 4 aliphatic rings. The molecule has 4 aromatic carbocycles. The molecule has 4 amide bonds. The van der Waals surface area contributed by atoms with Crippen molar-refractivity contribution in [2.75, 3.05) is 93.7 Å². The van der Waals surface area contributed by atoms with E-state index in [9.17, 15) is 19.2 Å². The Labute approximate surface area is 454 Å². The molecule has 0 radical (unpaired) electrons. The number of rotatable bonds is 4. The normalized spacial score (nSPS) is 17.4. The van der Waals surface area contributed by atoms with Crippen LogP contribution < -0.4 is 20.9 Å². The van der Waals surface area contributed by atoms with Gasteiger partial charge in [0.25, 0.3) is 0 Å². The third-order valence-electron chi connectivity index (χ3n) is 13.0. The highest BCUT2D eigenvalue weighted by atomic mass is 79.9. The highest BCUT2D eigenvalue weighted by molar-refractivity contribution is 9.10. The van der Waals surface area contributed by atoms with Gasteiger partial charge in [0.05, 0.1) is 0 Å². The van der Waals surface area contributed by atoms with Crippen LogP contribution in [0.25, 0.3) is 21.5 Å².